The Bertz CT molecular complexity index is 1280. The van der Waals surface area contributed by atoms with Crippen molar-refractivity contribution >= 4 is 28.9 Å². The molecule has 4 aromatic rings. The van der Waals surface area contributed by atoms with Gasteiger partial charge in [-0.2, -0.15) is 5.10 Å². The summed E-state index contributed by atoms with van der Waals surface area (Å²) in [6.45, 7) is 0. The Labute approximate surface area is 177 Å². The summed E-state index contributed by atoms with van der Waals surface area (Å²) in [6, 6.07) is 25.2. The van der Waals surface area contributed by atoms with Crippen LogP contribution in [-0.2, 0) is 0 Å². The number of hydrogen-bond acceptors (Lipinski definition) is 4. The molecule has 0 aliphatic carbocycles. The summed E-state index contributed by atoms with van der Waals surface area (Å²) in [6.07, 6.45) is 1.48. The fourth-order valence-corrected chi connectivity index (χ4v) is 3.06. The zero-order chi connectivity index (χ0) is 21.6. The Balaban J connectivity index is 1.39. The first-order valence-corrected chi connectivity index (χ1v) is 9.50. The van der Waals surface area contributed by atoms with Gasteiger partial charge >= 0.3 is 5.97 Å². The second kappa shape index (κ2) is 9.00. The molecule has 6 heteroatoms. The van der Waals surface area contributed by atoms with Gasteiger partial charge in [0, 0.05) is 5.56 Å². The molecule has 0 spiro atoms. The molecule has 4 rings (SSSR count). The number of halogens is 1. The van der Waals surface area contributed by atoms with Crippen molar-refractivity contribution in [2.45, 2.75) is 0 Å². The van der Waals surface area contributed by atoms with E-state index in [9.17, 15) is 14.0 Å². The van der Waals surface area contributed by atoms with Gasteiger partial charge in [-0.1, -0.05) is 48.5 Å². The summed E-state index contributed by atoms with van der Waals surface area (Å²) in [4.78, 5) is 24.5. The number of amides is 1. The molecule has 0 fully saturated rings. The average Bonchev–Trinajstić information content (AvgIpc) is 2.80. The number of ether oxygens (including phenoxy) is 1. The van der Waals surface area contributed by atoms with E-state index in [4.69, 9.17) is 4.74 Å². The van der Waals surface area contributed by atoms with Gasteiger partial charge in [-0.3, -0.25) is 4.79 Å². The molecule has 0 saturated heterocycles. The Morgan fingerprint density at radius 1 is 0.806 bits per heavy atom. The van der Waals surface area contributed by atoms with E-state index in [1.165, 1.54) is 24.4 Å². The van der Waals surface area contributed by atoms with Crippen molar-refractivity contribution < 1.29 is 18.7 Å². The highest BCUT2D eigenvalue weighted by atomic mass is 19.1. The third-order valence-electron chi connectivity index (χ3n) is 4.60. The zero-order valence-corrected chi connectivity index (χ0v) is 16.3. The molecule has 0 aliphatic rings. The SMILES string of the molecule is O=C(Oc1ccc(/C=N\NC(=O)c2cccc3ccccc23)cc1)c1ccccc1F. The minimum Gasteiger partial charge on any atom is -0.423 e. The fourth-order valence-electron chi connectivity index (χ4n) is 3.06. The minimum absolute atomic E-state index is 0.135. The van der Waals surface area contributed by atoms with E-state index in [2.05, 4.69) is 10.5 Å². The highest BCUT2D eigenvalue weighted by Crippen LogP contribution is 2.18. The standard InChI is InChI=1S/C25H17FN2O3/c26-23-11-4-3-9-22(23)25(30)31-19-14-12-17(13-15-19)16-27-28-24(29)21-10-5-7-18-6-1-2-8-20(18)21/h1-16H,(H,28,29)/b27-16-. The van der Waals surface area contributed by atoms with Crippen LogP contribution < -0.4 is 10.2 Å². The quantitative estimate of drug-likeness (QED) is 0.218. The third-order valence-corrected chi connectivity index (χ3v) is 4.60. The molecule has 0 aliphatic heterocycles. The first-order valence-electron chi connectivity index (χ1n) is 9.50. The molecular formula is C25H17FN2O3. The predicted molar refractivity (Wildman–Crippen MR) is 117 cm³/mol. The van der Waals surface area contributed by atoms with Gasteiger partial charge in [0.1, 0.15) is 11.6 Å². The van der Waals surface area contributed by atoms with Crippen LogP contribution in [0, 0.1) is 5.82 Å². The molecule has 31 heavy (non-hydrogen) atoms. The van der Waals surface area contributed by atoms with Gasteiger partial charge in [0.2, 0.25) is 0 Å². The van der Waals surface area contributed by atoms with Crippen LogP contribution in [0.3, 0.4) is 0 Å². The summed E-state index contributed by atoms with van der Waals surface area (Å²) in [7, 11) is 0. The molecule has 152 valence electrons. The van der Waals surface area contributed by atoms with Crippen molar-refractivity contribution in [3.8, 4) is 5.75 Å². The number of carbonyl (C=O) groups excluding carboxylic acids is 2. The van der Waals surface area contributed by atoms with E-state index >= 15 is 0 Å². The molecule has 0 bridgehead atoms. The van der Waals surface area contributed by atoms with Crippen molar-refractivity contribution in [3.05, 3.63) is 114 Å². The monoisotopic (exact) mass is 412 g/mol. The van der Waals surface area contributed by atoms with Crippen molar-refractivity contribution in [1.29, 1.82) is 0 Å². The Morgan fingerprint density at radius 2 is 1.48 bits per heavy atom. The molecule has 1 amide bonds. The third kappa shape index (κ3) is 4.64. The Hall–Kier alpha value is -4.32. The normalized spacial score (nSPS) is 10.9. The van der Waals surface area contributed by atoms with E-state index in [0.717, 1.165) is 10.8 Å². The first kappa shape index (κ1) is 20.0. The molecule has 5 nitrogen and oxygen atoms in total. The lowest BCUT2D eigenvalue weighted by Crippen LogP contribution is -2.17. The van der Waals surface area contributed by atoms with Crippen LogP contribution >= 0.6 is 0 Å². The van der Waals surface area contributed by atoms with E-state index in [-0.39, 0.29) is 17.2 Å². The predicted octanol–water partition coefficient (Wildman–Crippen LogP) is 4.96. The summed E-state index contributed by atoms with van der Waals surface area (Å²) < 4.78 is 18.9. The molecule has 0 unspecified atom stereocenters. The van der Waals surface area contributed by atoms with Crippen LogP contribution in [0.4, 0.5) is 4.39 Å². The van der Waals surface area contributed by atoms with E-state index in [1.807, 2.05) is 36.4 Å². The lowest BCUT2D eigenvalue weighted by Gasteiger charge is -2.06. The summed E-state index contributed by atoms with van der Waals surface area (Å²) in [5.74, 6) is -1.46. The van der Waals surface area contributed by atoms with Crippen molar-refractivity contribution in [3.63, 3.8) is 0 Å². The Morgan fingerprint density at radius 3 is 2.29 bits per heavy atom. The van der Waals surface area contributed by atoms with E-state index in [0.29, 0.717) is 11.1 Å². The van der Waals surface area contributed by atoms with Gasteiger partial charge < -0.3 is 4.74 Å². The molecule has 0 radical (unpaired) electrons. The van der Waals surface area contributed by atoms with Crippen molar-refractivity contribution in [2.24, 2.45) is 5.10 Å². The van der Waals surface area contributed by atoms with Gasteiger partial charge in [0.15, 0.2) is 0 Å². The first-order chi connectivity index (χ1) is 15.1. The van der Waals surface area contributed by atoms with Crippen LogP contribution in [0.25, 0.3) is 10.8 Å². The number of rotatable bonds is 5. The lowest BCUT2D eigenvalue weighted by molar-refractivity contribution is 0.0729. The van der Waals surface area contributed by atoms with Gasteiger partial charge in [0.25, 0.3) is 5.91 Å². The summed E-state index contributed by atoms with van der Waals surface area (Å²) >= 11 is 0. The number of hydrazone groups is 1. The number of benzene rings is 4. The zero-order valence-electron chi connectivity index (χ0n) is 16.3. The molecule has 0 saturated carbocycles. The van der Waals surface area contributed by atoms with Crippen LogP contribution in [-0.4, -0.2) is 18.1 Å². The van der Waals surface area contributed by atoms with Crippen LogP contribution in [0.5, 0.6) is 5.75 Å². The molecule has 0 heterocycles. The molecule has 4 aromatic carbocycles. The van der Waals surface area contributed by atoms with Gasteiger partial charge in [0.05, 0.1) is 11.8 Å². The lowest BCUT2D eigenvalue weighted by atomic mass is 10.0. The van der Waals surface area contributed by atoms with Crippen LogP contribution in [0.15, 0.2) is 96.1 Å². The van der Waals surface area contributed by atoms with Gasteiger partial charge in [-0.25, -0.2) is 14.6 Å². The topological polar surface area (TPSA) is 67.8 Å². The highest BCUT2D eigenvalue weighted by molar-refractivity contribution is 6.07. The van der Waals surface area contributed by atoms with Crippen molar-refractivity contribution in [2.75, 3.05) is 0 Å². The number of nitrogens with zero attached hydrogens (tertiary/aromatic N) is 1. The van der Waals surface area contributed by atoms with Gasteiger partial charge in [-0.15, -0.1) is 0 Å². The maximum Gasteiger partial charge on any atom is 0.346 e. The second-order valence-corrected chi connectivity index (χ2v) is 6.66. The second-order valence-electron chi connectivity index (χ2n) is 6.66. The molecular weight excluding hydrogens is 395 g/mol. The summed E-state index contributed by atoms with van der Waals surface area (Å²) in [5, 5.41) is 5.81. The summed E-state index contributed by atoms with van der Waals surface area (Å²) in [5.41, 5.74) is 3.60. The van der Waals surface area contributed by atoms with Gasteiger partial charge in [-0.05, 0) is 58.8 Å². The number of nitrogens with one attached hydrogen (secondary N) is 1. The molecule has 0 atom stereocenters. The highest BCUT2D eigenvalue weighted by Gasteiger charge is 2.13. The van der Waals surface area contributed by atoms with E-state index < -0.39 is 11.8 Å². The van der Waals surface area contributed by atoms with Crippen molar-refractivity contribution in [1.82, 2.24) is 5.43 Å². The Kier molecular flexibility index (Phi) is 5.80. The minimum atomic E-state index is -0.776. The van der Waals surface area contributed by atoms with E-state index in [1.54, 1.807) is 36.4 Å². The smallest absolute Gasteiger partial charge is 0.346 e. The number of carbonyl (C=O) groups is 2. The molecule has 1 N–H and O–H groups in total. The molecule has 0 aromatic heterocycles. The number of esters is 1. The fraction of sp³-hybridized carbons (Fsp3) is 0. The van der Waals surface area contributed by atoms with Crippen LogP contribution in [0.1, 0.15) is 26.3 Å². The maximum absolute atomic E-state index is 13.7. The number of fused-ring (bicyclic) bond motifs is 1. The average molecular weight is 412 g/mol. The maximum atomic E-state index is 13.7. The number of hydrogen-bond donors (Lipinski definition) is 1. The van der Waals surface area contributed by atoms with Crippen LogP contribution in [0.2, 0.25) is 0 Å². The largest absolute Gasteiger partial charge is 0.423 e.